The predicted octanol–water partition coefficient (Wildman–Crippen LogP) is 4.84. The standard InChI is InChI=1S/C27H26O3/c1-18-9-13-22(14-10-18)26(29)17-20(3)24(25(28)21-7-5-4-6-8-21)27(26,30)23-15-11-19(2)12-16-23/h4-16,24,29-30H,3,17H2,1-2H3/t24?,26-,27-/m0/s1. The average Bonchev–Trinajstić information content (AvgIpc) is 2.95. The van der Waals surface area contributed by atoms with Crippen molar-refractivity contribution in [2.75, 3.05) is 0 Å². The Hall–Kier alpha value is -3.01. The lowest BCUT2D eigenvalue weighted by Crippen LogP contribution is -2.50. The molecule has 2 N–H and O–H groups in total. The minimum absolute atomic E-state index is 0.101. The van der Waals surface area contributed by atoms with Crippen LogP contribution >= 0.6 is 0 Å². The van der Waals surface area contributed by atoms with Crippen LogP contribution in [-0.2, 0) is 11.2 Å². The van der Waals surface area contributed by atoms with E-state index in [0.717, 1.165) is 11.1 Å². The Morgan fingerprint density at radius 3 is 1.87 bits per heavy atom. The lowest BCUT2D eigenvalue weighted by Gasteiger charge is -2.41. The first-order valence-corrected chi connectivity index (χ1v) is 10.1. The molecule has 1 unspecified atom stereocenters. The lowest BCUT2D eigenvalue weighted by atomic mass is 9.70. The van der Waals surface area contributed by atoms with E-state index < -0.39 is 17.1 Å². The smallest absolute Gasteiger partial charge is 0.173 e. The molecule has 1 saturated carbocycles. The van der Waals surface area contributed by atoms with Gasteiger partial charge in [0, 0.05) is 12.0 Å². The normalized spacial score (nSPS) is 26.0. The molecule has 3 aromatic rings. The molecule has 1 fully saturated rings. The van der Waals surface area contributed by atoms with Crippen LogP contribution in [0.3, 0.4) is 0 Å². The fraction of sp³-hybridized carbons (Fsp3) is 0.222. The average molecular weight is 399 g/mol. The third-order valence-corrected chi connectivity index (χ3v) is 6.28. The number of benzene rings is 3. The number of aliphatic hydroxyl groups is 2. The van der Waals surface area contributed by atoms with E-state index in [4.69, 9.17) is 0 Å². The Morgan fingerprint density at radius 1 is 0.833 bits per heavy atom. The maximum atomic E-state index is 13.6. The van der Waals surface area contributed by atoms with Crippen LogP contribution in [-0.4, -0.2) is 16.0 Å². The summed E-state index contributed by atoms with van der Waals surface area (Å²) < 4.78 is 0. The van der Waals surface area contributed by atoms with Gasteiger partial charge < -0.3 is 10.2 Å². The van der Waals surface area contributed by atoms with Gasteiger partial charge in [0.05, 0.1) is 5.92 Å². The van der Waals surface area contributed by atoms with Crippen LogP contribution in [0.5, 0.6) is 0 Å². The number of hydrogen-bond donors (Lipinski definition) is 2. The van der Waals surface area contributed by atoms with E-state index in [1.165, 1.54) is 0 Å². The zero-order chi connectivity index (χ0) is 21.5. The number of aryl methyl sites for hydroxylation is 2. The molecule has 0 aromatic heterocycles. The Kier molecular flexibility index (Phi) is 4.97. The number of carbonyl (C=O) groups excluding carboxylic acids is 1. The first-order chi connectivity index (χ1) is 14.3. The summed E-state index contributed by atoms with van der Waals surface area (Å²) in [5.74, 6) is -1.21. The highest BCUT2D eigenvalue weighted by Gasteiger charge is 2.64. The number of ketones is 1. The fourth-order valence-corrected chi connectivity index (χ4v) is 4.61. The van der Waals surface area contributed by atoms with Gasteiger partial charge in [0.15, 0.2) is 5.78 Å². The van der Waals surface area contributed by atoms with Crippen LogP contribution in [0.4, 0.5) is 0 Å². The van der Waals surface area contributed by atoms with Crippen molar-refractivity contribution in [1.29, 1.82) is 0 Å². The van der Waals surface area contributed by atoms with Crippen LogP contribution in [0, 0.1) is 19.8 Å². The second-order valence-electron chi connectivity index (χ2n) is 8.36. The van der Waals surface area contributed by atoms with Crippen molar-refractivity contribution in [3.8, 4) is 0 Å². The molecule has 152 valence electrons. The molecule has 0 radical (unpaired) electrons. The van der Waals surface area contributed by atoms with Gasteiger partial charge in [-0.05, 0) is 25.0 Å². The zero-order valence-corrected chi connectivity index (χ0v) is 17.3. The minimum atomic E-state index is -1.85. The molecular formula is C27H26O3. The number of carbonyl (C=O) groups is 1. The SMILES string of the molecule is C=C1C[C@](O)(c2ccc(C)cc2)[C@](O)(c2ccc(C)cc2)C1C(=O)c1ccccc1. The van der Waals surface area contributed by atoms with Gasteiger partial charge in [-0.2, -0.15) is 0 Å². The van der Waals surface area contributed by atoms with Gasteiger partial charge >= 0.3 is 0 Å². The molecule has 1 aliphatic carbocycles. The van der Waals surface area contributed by atoms with Crippen molar-refractivity contribution >= 4 is 5.78 Å². The van der Waals surface area contributed by atoms with E-state index in [1.54, 1.807) is 36.4 Å². The third kappa shape index (κ3) is 3.02. The van der Waals surface area contributed by atoms with Gasteiger partial charge in [-0.3, -0.25) is 4.79 Å². The highest BCUT2D eigenvalue weighted by atomic mass is 16.4. The summed E-state index contributed by atoms with van der Waals surface area (Å²) in [6.07, 6.45) is 0.101. The zero-order valence-electron chi connectivity index (χ0n) is 17.3. The highest BCUT2D eigenvalue weighted by molar-refractivity contribution is 6.01. The molecule has 0 aliphatic heterocycles. The molecule has 0 saturated heterocycles. The third-order valence-electron chi connectivity index (χ3n) is 6.28. The van der Waals surface area contributed by atoms with Crippen LogP contribution in [0.2, 0.25) is 0 Å². The Bertz CT molecular complexity index is 1080. The van der Waals surface area contributed by atoms with E-state index in [2.05, 4.69) is 6.58 Å². The van der Waals surface area contributed by atoms with Crippen molar-refractivity contribution in [3.63, 3.8) is 0 Å². The monoisotopic (exact) mass is 398 g/mol. The van der Waals surface area contributed by atoms with Crippen LogP contribution < -0.4 is 0 Å². The second kappa shape index (κ2) is 7.35. The van der Waals surface area contributed by atoms with Crippen LogP contribution in [0.15, 0.2) is 91.0 Å². The molecule has 3 aromatic carbocycles. The van der Waals surface area contributed by atoms with Crippen molar-refractivity contribution in [2.45, 2.75) is 31.5 Å². The molecule has 30 heavy (non-hydrogen) atoms. The molecule has 0 spiro atoms. The fourth-order valence-electron chi connectivity index (χ4n) is 4.61. The number of hydrogen-bond acceptors (Lipinski definition) is 3. The van der Waals surface area contributed by atoms with E-state index in [1.807, 2.05) is 56.3 Å². The van der Waals surface area contributed by atoms with Gasteiger partial charge in [-0.1, -0.05) is 102 Å². The second-order valence-corrected chi connectivity index (χ2v) is 8.36. The first kappa shape index (κ1) is 20.3. The van der Waals surface area contributed by atoms with Gasteiger partial charge in [-0.25, -0.2) is 0 Å². The van der Waals surface area contributed by atoms with Crippen molar-refractivity contribution < 1.29 is 15.0 Å². The van der Waals surface area contributed by atoms with E-state index in [-0.39, 0.29) is 12.2 Å². The summed E-state index contributed by atoms with van der Waals surface area (Å²) in [5.41, 5.74) is 0.642. The summed E-state index contributed by atoms with van der Waals surface area (Å²) in [6, 6.07) is 23.7. The molecule has 3 nitrogen and oxygen atoms in total. The van der Waals surface area contributed by atoms with Crippen molar-refractivity contribution in [3.05, 3.63) is 119 Å². The summed E-state index contributed by atoms with van der Waals surface area (Å²) in [4.78, 5) is 13.6. The van der Waals surface area contributed by atoms with Gasteiger partial charge in [0.25, 0.3) is 0 Å². The van der Waals surface area contributed by atoms with Crippen LogP contribution in [0.25, 0.3) is 0 Å². The maximum Gasteiger partial charge on any atom is 0.173 e. The molecule has 4 rings (SSSR count). The largest absolute Gasteiger partial charge is 0.381 e. The molecule has 0 bridgehead atoms. The Balaban J connectivity index is 1.93. The molecular weight excluding hydrogens is 372 g/mol. The predicted molar refractivity (Wildman–Crippen MR) is 118 cm³/mol. The molecule has 1 aliphatic rings. The lowest BCUT2D eigenvalue weighted by molar-refractivity contribution is -0.156. The minimum Gasteiger partial charge on any atom is -0.381 e. The summed E-state index contributed by atoms with van der Waals surface area (Å²) in [5, 5.41) is 24.2. The Morgan fingerprint density at radius 2 is 1.33 bits per heavy atom. The summed E-state index contributed by atoms with van der Waals surface area (Å²) in [7, 11) is 0. The quantitative estimate of drug-likeness (QED) is 0.488. The van der Waals surface area contributed by atoms with Gasteiger partial charge in [0.1, 0.15) is 11.2 Å². The maximum absolute atomic E-state index is 13.6. The molecule has 3 heteroatoms. The topological polar surface area (TPSA) is 57.5 Å². The summed E-state index contributed by atoms with van der Waals surface area (Å²) >= 11 is 0. The van der Waals surface area contributed by atoms with Gasteiger partial charge in [-0.15, -0.1) is 0 Å². The van der Waals surface area contributed by atoms with E-state index in [0.29, 0.717) is 22.3 Å². The van der Waals surface area contributed by atoms with Gasteiger partial charge in [0.2, 0.25) is 0 Å². The molecule has 3 atom stereocenters. The van der Waals surface area contributed by atoms with Crippen LogP contribution in [0.1, 0.15) is 39.0 Å². The van der Waals surface area contributed by atoms with Crippen molar-refractivity contribution in [1.82, 2.24) is 0 Å². The van der Waals surface area contributed by atoms with Crippen molar-refractivity contribution in [2.24, 2.45) is 5.92 Å². The Labute approximate surface area is 177 Å². The molecule has 0 heterocycles. The number of rotatable bonds is 4. The molecule has 0 amide bonds. The summed E-state index contributed by atoms with van der Waals surface area (Å²) in [6.45, 7) is 8.04. The first-order valence-electron chi connectivity index (χ1n) is 10.1. The highest BCUT2D eigenvalue weighted by Crippen LogP contribution is 2.58. The van der Waals surface area contributed by atoms with E-state index in [9.17, 15) is 15.0 Å². The number of Topliss-reactive ketones (excluding diaryl/α,β-unsaturated/α-hetero) is 1. The van der Waals surface area contributed by atoms with E-state index >= 15 is 0 Å².